The summed E-state index contributed by atoms with van der Waals surface area (Å²) in [6, 6.07) is 10.8. The second-order valence-corrected chi connectivity index (χ2v) is 4.89. The molecule has 1 amide bonds. The van der Waals surface area contributed by atoms with Gasteiger partial charge in [0.05, 0.1) is 10.7 Å². The Balaban J connectivity index is 2.15. The van der Waals surface area contributed by atoms with E-state index in [9.17, 15) is 9.18 Å². The minimum absolute atomic E-state index is 0.0186. The number of anilines is 1. The Bertz CT molecular complexity index is 628. The molecule has 20 heavy (non-hydrogen) atoms. The van der Waals surface area contributed by atoms with E-state index in [1.807, 2.05) is 19.1 Å². The van der Waals surface area contributed by atoms with Crippen LogP contribution in [0.2, 0.25) is 5.02 Å². The van der Waals surface area contributed by atoms with Crippen LogP contribution in [-0.2, 0) is 4.79 Å². The van der Waals surface area contributed by atoms with Gasteiger partial charge in [-0.25, -0.2) is 4.39 Å². The highest BCUT2D eigenvalue weighted by Gasteiger charge is 2.17. The second-order valence-electron chi connectivity index (χ2n) is 4.48. The quantitative estimate of drug-likeness (QED) is 0.910. The minimum atomic E-state index is -0.867. The zero-order valence-corrected chi connectivity index (χ0v) is 11.6. The van der Waals surface area contributed by atoms with Crippen LogP contribution in [0, 0.1) is 12.7 Å². The SMILES string of the molecule is Cc1ccc(C(N)C(=O)Nc2cccc(Cl)c2F)cc1. The third-order valence-corrected chi connectivity index (χ3v) is 3.22. The summed E-state index contributed by atoms with van der Waals surface area (Å²) < 4.78 is 13.7. The monoisotopic (exact) mass is 292 g/mol. The van der Waals surface area contributed by atoms with Gasteiger partial charge in [-0.3, -0.25) is 4.79 Å². The van der Waals surface area contributed by atoms with E-state index in [4.69, 9.17) is 17.3 Å². The zero-order valence-electron chi connectivity index (χ0n) is 10.9. The topological polar surface area (TPSA) is 55.1 Å². The van der Waals surface area contributed by atoms with Crippen molar-refractivity contribution in [1.82, 2.24) is 0 Å². The molecule has 5 heteroatoms. The first-order valence-corrected chi connectivity index (χ1v) is 6.44. The maximum atomic E-state index is 13.7. The van der Waals surface area contributed by atoms with Gasteiger partial charge in [-0.1, -0.05) is 47.5 Å². The average Bonchev–Trinajstić information content (AvgIpc) is 2.44. The number of hydrogen-bond donors (Lipinski definition) is 2. The molecule has 0 aromatic heterocycles. The Morgan fingerprint density at radius 1 is 1.25 bits per heavy atom. The molecule has 0 bridgehead atoms. The van der Waals surface area contributed by atoms with Gasteiger partial charge in [0.25, 0.3) is 0 Å². The number of nitrogens with two attached hydrogens (primary N) is 1. The van der Waals surface area contributed by atoms with Crippen LogP contribution in [0.5, 0.6) is 0 Å². The third-order valence-electron chi connectivity index (χ3n) is 2.93. The van der Waals surface area contributed by atoms with Crippen molar-refractivity contribution in [3.63, 3.8) is 0 Å². The fourth-order valence-electron chi connectivity index (χ4n) is 1.74. The van der Waals surface area contributed by atoms with Crippen molar-refractivity contribution in [1.29, 1.82) is 0 Å². The maximum absolute atomic E-state index is 13.7. The number of halogens is 2. The van der Waals surface area contributed by atoms with Crippen LogP contribution in [0.1, 0.15) is 17.2 Å². The molecule has 3 N–H and O–H groups in total. The summed E-state index contributed by atoms with van der Waals surface area (Å²) in [5, 5.41) is 2.39. The Morgan fingerprint density at radius 2 is 1.90 bits per heavy atom. The number of carbonyl (C=O) groups excluding carboxylic acids is 1. The van der Waals surface area contributed by atoms with Crippen molar-refractivity contribution in [2.24, 2.45) is 5.73 Å². The van der Waals surface area contributed by atoms with Crippen LogP contribution in [0.3, 0.4) is 0 Å². The first kappa shape index (κ1) is 14.5. The summed E-state index contributed by atoms with van der Waals surface area (Å²) in [5.74, 6) is -1.16. The highest BCUT2D eigenvalue weighted by Crippen LogP contribution is 2.23. The van der Waals surface area contributed by atoms with Gasteiger partial charge in [-0.05, 0) is 24.6 Å². The third kappa shape index (κ3) is 3.15. The van der Waals surface area contributed by atoms with E-state index in [1.54, 1.807) is 18.2 Å². The Labute approximate surface area is 121 Å². The molecule has 1 unspecified atom stereocenters. The lowest BCUT2D eigenvalue weighted by Crippen LogP contribution is -2.28. The predicted molar refractivity (Wildman–Crippen MR) is 78.1 cm³/mol. The molecule has 3 nitrogen and oxygen atoms in total. The Hall–Kier alpha value is -1.91. The molecule has 0 saturated carbocycles. The van der Waals surface area contributed by atoms with Crippen molar-refractivity contribution >= 4 is 23.2 Å². The van der Waals surface area contributed by atoms with Gasteiger partial charge in [0, 0.05) is 0 Å². The molecule has 0 saturated heterocycles. The summed E-state index contributed by atoms with van der Waals surface area (Å²) in [7, 11) is 0. The standard InChI is InChI=1S/C15H14ClFN2O/c1-9-5-7-10(8-6-9)14(18)15(20)19-12-4-2-3-11(16)13(12)17/h2-8,14H,18H2,1H3,(H,19,20). The lowest BCUT2D eigenvalue weighted by Gasteiger charge is -2.13. The molecule has 0 aliphatic carbocycles. The number of hydrogen-bond acceptors (Lipinski definition) is 2. The molecule has 0 aliphatic heterocycles. The molecular weight excluding hydrogens is 279 g/mol. The van der Waals surface area contributed by atoms with Gasteiger partial charge in [0.2, 0.25) is 5.91 Å². The molecule has 2 aromatic carbocycles. The Morgan fingerprint density at radius 3 is 2.55 bits per heavy atom. The minimum Gasteiger partial charge on any atom is -0.322 e. The maximum Gasteiger partial charge on any atom is 0.245 e. The largest absolute Gasteiger partial charge is 0.322 e. The lowest BCUT2D eigenvalue weighted by molar-refractivity contribution is -0.117. The number of benzene rings is 2. The van der Waals surface area contributed by atoms with Crippen molar-refractivity contribution in [2.45, 2.75) is 13.0 Å². The van der Waals surface area contributed by atoms with E-state index in [0.29, 0.717) is 5.56 Å². The first-order valence-electron chi connectivity index (χ1n) is 6.06. The van der Waals surface area contributed by atoms with E-state index >= 15 is 0 Å². The van der Waals surface area contributed by atoms with Crippen LogP contribution >= 0.6 is 11.6 Å². The van der Waals surface area contributed by atoms with Crippen molar-refractivity contribution in [3.05, 3.63) is 64.4 Å². The molecule has 0 radical (unpaired) electrons. The van der Waals surface area contributed by atoms with Crippen LogP contribution in [0.15, 0.2) is 42.5 Å². The van der Waals surface area contributed by atoms with Gasteiger partial charge >= 0.3 is 0 Å². The van der Waals surface area contributed by atoms with Crippen LogP contribution < -0.4 is 11.1 Å². The van der Waals surface area contributed by atoms with Crippen LogP contribution in [0.4, 0.5) is 10.1 Å². The smallest absolute Gasteiger partial charge is 0.245 e. The van der Waals surface area contributed by atoms with Gasteiger partial charge in [-0.2, -0.15) is 0 Å². The summed E-state index contributed by atoms with van der Waals surface area (Å²) >= 11 is 5.65. The fraction of sp³-hybridized carbons (Fsp3) is 0.133. The van der Waals surface area contributed by atoms with Gasteiger partial charge in [0.1, 0.15) is 6.04 Å². The number of aryl methyl sites for hydroxylation is 1. The van der Waals surface area contributed by atoms with Crippen LogP contribution in [0.25, 0.3) is 0 Å². The van der Waals surface area contributed by atoms with Crippen LogP contribution in [-0.4, -0.2) is 5.91 Å². The zero-order chi connectivity index (χ0) is 14.7. The van der Waals surface area contributed by atoms with E-state index in [1.165, 1.54) is 12.1 Å². The highest BCUT2D eigenvalue weighted by molar-refractivity contribution is 6.31. The second kappa shape index (κ2) is 6.03. The van der Waals surface area contributed by atoms with Gasteiger partial charge in [0.15, 0.2) is 5.82 Å². The molecule has 2 aromatic rings. The van der Waals surface area contributed by atoms with E-state index in [0.717, 1.165) is 5.56 Å². The summed E-state index contributed by atoms with van der Waals surface area (Å²) in [4.78, 5) is 12.0. The van der Waals surface area contributed by atoms with Crippen molar-refractivity contribution in [3.8, 4) is 0 Å². The van der Waals surface area contributed by atoms with E-state index in [2.05, 4.69) is 5.32 Å². The van der Waals surface area contributed by atoms with Crippen molar-refractivity contribution < 1.29 is 9.18 Å². The molecule has 0 heterocycles. The van der Waals surface area contributed by atoms with E-state index in [-0.39, 0.29) is 10.7 Å². The molecule has 2 rings (SSSR count). The summed E-state index contributed by atoms with van der Waals surface area (Å²) in [5.41, 5.74) is 7.61. The van der Waals surface area contributed by atoms with Gasteiger partial charge in [-0.15, -0.1) is 0 Å². The number of nitrogens with one attached hydrogen (secondary N) is 1. The van der Waals surface area contributed by atoms with Gasteiger partial charge < -0.3 is 11.1 Å². The molecule has 104 valence electrons. The predicted octanol–water partition coefficient (Wildman–Crippen LogP) is 3.43. The highest BCUT2D eigenvalue weighted by atomic mass is 35.5. The number of amides is 1. The molecule has 0 fully saturated rings. The van der Waals surface area contributed by atoms with Crippen molar-refractivity contribution in [2.75, 3.05) is 5.32 Å². The molecular formula is C15H14ClFN2O. The fourth-order valence-corrected chi connectivity index (χ4v) is 1.91. The first-order chi connectivity index (χ1) is 9.49. The molecule has 0 spiro atoms. The lowest BCUT2D eigenvalue weighted by atomic mass is 10.1. The normalized spacial score (nSPS) is 12.0. The number of carbonyl (C=O) groups is 1. The molecule has 1 atom stereocenters. The number of rotatable bonds is 3. The summed E-state index contributed by atoms with van der Waals surface area (Å²) in [6.07, 6.45) is 0. The Kier molecular flexibility index (Phi) is 4.37. The average molecular weight is 293 g/mol. The summed E-state index contributed by atoms with van der Waals surface area (Å²) in [6.45, 7) is 1.94. The van der Waals surface area contributed by atoms with E-state index < -0.39 is 17.8 Å². The molecule has 0 aliphatic rings.